The van der Waals surface area contributed by atoms with Gasteiger partial charge in [-0.1, -0.05) is 11.6 Å². The van der Waals surface area contributed by atoms with Crippen molar-refractivity contribution >= 4 is 34.5 Å². The summed E-state index contributed by atoms with van der Waals surface area (Å²) in [7, 11) is 0. The second-order valence-corrected chi connectivity index (χ2v) is 9.98. The van der Waals surface area contributed by atoms with Gasteiger partial charge in [0.05, 0.1) is 41.2 Å². The first kappa shape index (κ1) is 26.5. The lowest BCUT2D eigenvalue weighted by Gasteiger charge is -2.24. The maximum absolute atomic E-state index is 15.1. The zero-order chi connectivity index (χ0) is 25.8. The van der Waals surface area contributed by atoms with Gasteiger partial charge in [0.2, 0.25) is 11.9 Å². The number of ether oxygens (including phenoxy) is 1. The molecule has 5 rings (SSSR count). The van der Waals surface area contributed by atoms with Gasteiger partial charge in [-0.2, -0.15) is 0 Å². The van der Waals surface area contributed by atoms with E-state index in [1.165, 1.54) is 12.3 Å². The van der Waals surface area contributed by atoms with Gasteiger partial charge >= 0.3 is 0 Å². The van der Waals surface area contributed by atoms with E-state index in [1.807, 2.05) is 24.5 Å². The molecule has 0 amide bonds. The predicted octanol–water partition coefficient (Wildman–Crippen LogP) is 3.96. The van der Waals surface area contributed by atoms with E-state index in [2.05, 4.69) is 19.9 Å². The molecular weight excluding hydrogens is 487 g/mol. The van der Waals surface area contributed by atoms with Gasteiger partial charge in [0, 0.05) is 31.3 Å². The first-order valence-corrected chi connectivity index (χ1v) is 12.8. The van der Waals surface area contributed by atoms with Crippen LogP contribution in [0.1, 0.15) is 52.0 Å². The highest BCUT2D eigenvalue weighted by molar-refractivity contribution is 6.33. The molecule has 2 aliphatic rings. The summed E-state index contributed by atoms with van der Waals surface area (Å²) in [6.07, 6.45) is 5.16. The number of imidazole rings is 1. The van der Waals surface area contributed by atoms with Gasteiger partial charge in [0.15, 0.2) is 5.82 Å². The quantitative estimate of drug-likeness (QED) is 0.474. The van der Waals surface area contributed by atoms with Crippen molar-refractivity contribution in [1.29, 1.82) is 0 Å². The average molecular weight is 521 g/mol. The summed E-state index contributed by atoms with van der Waals surface area (Å²) >= 11 is 6.24. The van der Waals surface area contributed by atoms with Crippen molar-refractivity contribution in [1.82, 2.24) is 19.5 Å². The number of fused-ring (bicyclic) bond motifs is 1. The lowest BCUT2D eigenvalue weighted by Crippen LogP contribution is -2.28. The summed E-state index contributed by atoms with van der Waals surface area (Å²) in [5, 5.41) is 19.1. The Morgan fingerprint density at radius 2 is 1.89 bits per heavy atom. The first-order chi connectivity index (χ1) is 17.2. The SMILES string of the molecule is CC(C)n1c(N2CCCC(O)CC2)nc2c(F)cc(-c3nc(N)ncc3Cl)cc21.OC1CCCOC1. The fourth-order valence-corrected chi connectivity index (χ4v) is 4.80. The van der Waals surface area contributed by atoms with Gasteiger partial charge in [-0.05, 0) is 58.1 Å². The third kappa shape index (κ3) is 6.05. The van der Waals surface area contributed by atoms with Crippen molar-refractivity contribution in [2.75, 3.05) is 36.9 Å². The van der Waals surface area contributed by atoms with Crippen molar-refractivity contribution in [3.63, 3.8) is 0 Å². The number of nitrogens with zero attached hydrogens (tertiary/aromatic N) is 5. The van der Waals surface area contributed by atoms with E-state index in [1.54, 1.807) is 0 Å². The van der Waals surface area contributed by atoms with Gasteiger partial charge < -0.3 is 30.2 Å². The molecule has 2 fully saturated rings. The van der Waals surface area contributed by atoms with E-state index in [4.69, 9.17) is 27.2 Å². The number of nitrogen functional groups attached to an aromatic ring is 1. The van der Waals surface area contributed by atoms with E-state index in [0.717, 1.165) is 38.8 Å². The Morgan fingerprint density at radius 1 is 1.11 bits per heavy atom. The second kappa shape index (κ2) is 11.7. The lowest BCUT2D eigenvalue weighted by atomic mass is 10.1. The molecule has 0 aliphatic carbocycles. The van der Waals surface area contributed by atoms with Crippen LogP contribution in [0.2, 0.25) is 5.02 Å². The van der Waals surface area contributed by atoms with E-state index < -0.39 is 5.82 Å². The predicted molar refractivity (Wildman–Crippen MR) is 139 cm³/mol. The molecule has 3 aromatic rings. The van der Waals surface area contributed by atoms with E-state index in [-0.39, 0.29) is 24.2 Å². The zero-order valence-corrected chi connectivity index (χ0v) is 21.5. The Kier molecular flexibility index (Phi) is 8.61. The van der Waals surface area contributed by atoms with Crippen LogP contribution in [0.3, 0.4) is 0 Å². The number of hydrogen-bond acceptors (Lipinski definition) is 8. The van der Waals surface area contributed by atoms with Gasteiger partial charge in [0.1, 0.15) is 5.52 Å². The normalized spacial score (nSPS) is 20.8. The second-order valence-electron chi connectivity index (χ2n) is 9.57. The molecule has 196 valence electrons. The molecule has 0 radical (unpaired) electrons. The molecule has 0 saturated carbocycles. The Hall–Kier alpha value is -2.53. The Bertz CT molecular complexity index is 1180. The fraction of sp³-hybridized carbons (Fsp3) is 0.560. The molecule has 0 spiro atoms. The van der Waals surface area contributed by atoms with Crippen LogP contribution in [0.15, 0.2) is 18.3 Å². The van der Waals surface area contributed by atoms with Crippen LogP contribution < -0.4 is 10.6 Å². The third-order valence-electron chi connectivity index (χ3n) is 6.40. The maximum atomic E-state index is 15.1. The highest BCUT2D eigenvalue weighted by atomic mass is 35.5. The molecule has 4 N–H and O–H groups in total. The van der Waals surface area contributed by atoms with Crippen molar-refractivity contribution in [2.45, 2.75) is 64.2 Å². The Balaban J connectivity index is 0.000000375. The molecule has 11 heteroatoms. The number of rotatable bonds is 3. The molecule has 1 aromatic carbocycles. The minimum atomic E-state index is -0.443. The summed E-state index contributed by atoms with van der Waals surface area (Å²) in [4.78, 5) is 14.8. The summed E-state index contributed by atoms with van der Waals surface area (Å²) < 4.78 is 22.0. The number of hydrogen-bond donors (Lipinski definition) is 3. The van der Waals surface area contributed by atoms with Crippen LogP contribution >= 0.6 is 11.6 Å². The minimum absolute atomic E-state index is 0.0590. The summed E-state index contributed by atoms with van der Waals surface area (Å²) in [6.45, 7) is 6.90. The molecule has 2 aliphatic heterocycles. The van der Waals surface area contributed by atoms with Crippen molar-refractivity contribution in [2.24, 2.45) is 0 Å². The highest BCUT2D eigenvalue weighted by Gasteiger charge is 2.24. The first-order valence-electron chi connectivity index (χ1n) is 12.4. The van der Waals surface area contributed by atoms with E-state index >= 15 is 4.39 Å². The summed E-state index contributed by atoms with van der Waals surface area (Å²) in [5.41, 5.74) is 7.58. The lowest BCUT2D eigenvalue weighted by molar-refractivity contribution is -0.00535. The number of aromatic nitrogens is 4. The zero-order valence-electron chi connectivity index (χ0n) is 20.7. The largest absolute Gasteiger partial charge is 0.393 e. The minimum Gasteiger partial charge on any atom is -0.393 e. The molecule has 4 heterocycles. The molecule has 2 aromatic heterocycles. The van der Waals surface area contributed by atoms with E-state index in [0.29, 0.717) is 52.8 Å². The number of nitrogens with two attached hydrogens (primary N) is 1. The number of anilines is 2. The van der Waals surface area contributed by atoms with E-state index in [9.17, 15) is 5.11 Å². The molecule has 2 atom stereocenters. The van der Waals surface area contributed by atoms with Gasteiger partial charge in [-0.15, -0.1) is 0 Å². The molecule has 2 saturated heterocycles. The molecule has 2 unspecified atom stereocenters. The van der Waals surface area contributed by atoms with Crippen LogP contribution in [0.25, 0.3) is 22.3 Å². The van der Waals surface area contributed by atoms with Gasteiger partial charge in [0.25, 0.3) is 0 Å². The van der Waals surface area contributed by atoms with Crippen LogP contribution in [-0.4, -0.2) is 68.2 Å². The third-order valence-corrected chi connectivity index (χ3v) is 6.68. The monoisotopic (exact) mass is 520 g/mol. The van der Waals surface area contributed by atoms with Crippen LogP contribution in [-0.2, 0) is 4.74 Å². The number of aliphatic hydroxyl groups is 2. The molecular formula is C25H34ClFN6O3. The standard InChI is InChI=1S/C20H24ClFN6O.C5H10O2/c1-11(2)28-16-9-12(17-14(21)10-24-19(23)25-17)8-15(22)18(16)26-20(28)27-6-3-4-13(29)5-7-27;6-5-2-1-3-7-4-5/h8-11,13,29H,3-7H2,1-2H3,(H2,23,24,25);5-6H,1-4H2. The smallest absolute Gasteiger partial charge is 0.220 e. The topological polar surface area (TPSA) is 123 Å². The fourth-order valence-electron chi connectivity index (χ4n) is 4.60. The summed E-state index contributed by atoms with van der Waals surface area (Å²) in [6, 6.07) is 3.28. The average Bonchev–Trinajstić information content (AvgIpc) is 3.11. The number of halogens is 2. The number of aliphatic hydroxyl groups excluding tert-OH is 2. The van der Waals surface area contributed by atoms with Crippen molar-refractivity contribution in [3.8, 4) is 11.3 Å². The van der Waals surface area contributed by atoms with Crippen molar-refractivity contribution < 1.29 is 19.3 Å². The molecule has 0 bridgehead atoms. The van der Waals surface area contributed by atoms with Crippen molar-refractivity contribution in [3.05, 3.63) is 29.2 Å². The van der Waals surface area contributed by atoms with Crippen LogP contribution in [0, 0.1) is 5.82 Å². The Morgan fingerprint density at radius 3 is 2.56 bits per heavy atom. The Labute approximate surface area is 215 Å². The van der Waals surface area contributed by atoms with Crippen LogP contribution in [0.4, 0.5) is 16.3 Å². The van der Waals surface area contributed by atoms with Gasteiger partial charge in [-0.25, -0.2) is 19.3 Å². The molecule has 9 nitrogen and oxygen atoms in total. The maximum Gasteiger partial charge on any atom is 0.220 e. The van der Waals surface area contributed by atoms with Gasteiger partial charge in [-0.3, -0.25) is 0 Å². The van der Waals surface area contributed by atoms with Crippen LogP contribution in [0.5, 0.6) is 0 Å². The number of benzene rings is 1. The summed E-state index contributed by atoms with van der Waals surface area (Å²) in [5.74, 6) is 0.348. The molecule has 36 heavy (non-hydrogen) atoms. The highest BCUT2D eigenvalue weighted by Crippen LogP contribution is 2.34.